The van der Waals surface area contributed by atoms with Crippen molar-refractivity contribution in [3.8, 4) is 0 Å². The summed E-state index contributed by atoms with van der Waals surface area (Å²) in [6.45, 7) is 9.13. The average molecular weight is 289 g/mol. The van der Waals surface area contributed by atoms with E-state index in [2.05, 4.69) is 52.0 Å². The fourth-order valence-electron chi connectivity index (χ4n) is 3.37. The quantitative estimate of drug-likeness (QED) is 0.863. The van der Waals surface area contributed by atoms with Gasteiger partial charge in [0.25, 0.3) is 0 Å². The summed E-state index contributed by atoms with van der Waals surface area (Å²) in [7, 11) is 0. The number of nitrogens with two attached hydrogens (primary N) is 1. The molecule has 0 bridgehead atoms. The number of benzene rings is 1. The van der Waals surface area contributed by atoms with E-state index in [9.17, 15) is 0 Å². The van der Waals surface area contributed by atoms with Crippen molar-refractivity contribution in [1.29, 1.82) is 0 Å². The molecule has 0 radical (unpaired) electrons. The van der Waals surface area contributed by atoms with Crippen LogP contribution in [0.5, 0.6) is 0 Å². The highest BCUT2D eigenvalue weighted by Gasteiger charge is 2.31. The third kappa shape index (κ3) is 4.31. The van der Waals surface area contributed by atoms with Crippen LogP contribution in [0.4, 0.5) is 0 Å². The highest BCUT2D eigenvalue weighted by molar-refractivity contribution is 5.19. The zero-order chi connectivity index (χ0) is 15.4. The Morgan fingerprint density at radius 1 is 1.05 bits per heavy atom. The van der Waals surface area contributed by atoms with Crippen LogP contribution in [-0.2, 0) is 4.74 Å². The minimum absolute atomic E-state index is 0.0409. The molecule has 2 N–H and O–H groups in total. The van der Waals surface area contributed by atoms with Gasteiger partial charge < -0.3 is 10.5 Å². The van der Waals surface area contributed by atoms with Crippen molar-refractivity contribution in [1.82, 2.24) is 0 Å². The van der Waals surface area contributed by atoms with Crippen LogP contribution in [0.25, 0.3) is 0 Å². The molecule has 2 heteroatoms. The lowest BCUT2D eigenvalue weighted by molar-refractivity contribution is -0.0762. The molecule has 0 spiro atoms. The summed E-state index contributed by atoms with van der Waals surface area (Å²) in [6.07, 6.45) is 4.09. The summed E-state index contributed by atoms with van der Waals surface area (Å²) in [5.74, 6) is 2.00. The molecular weight excluding hydrogens is 258 g/mol. The molecule has 1 aliphatic rings. The first-order chi connectivity index (χ1) is 9.99. The third-order valence-corrected chi connectivity index (χ3v) is 5.10. The van der Waals surface area contributed by atoms with Gasteiger partial charge in [-0.25, -0.2) is 0 Å². The normalized spacial score (nSPS) is 29.3. The second-order valence-electron chi connectivity index (χ2n) is 7.17. The molecule has 0 aliphatic heterocycles. The van der Waals surface area contributed by atoms with Gasteiger partial charge in [-0.15, -0.1) is 0 Å². The van der Waals surface area contributed by atoms with Crippen molar-refractivity contribution in [2.45, 2.75) is 65.2 Å². The van der Waals surface area contributed by atoms with Gasteiger partial charge in [0.2, 0.25) is 0 Å². The summed E-state index contributed by atoms with van der Waals surface area (Å²) in [5, 5.41) is 0. The van der Waals surface area contributed by atoms with Crippen molar-refractivity contribution in [2.75, 3.05) is 0 Å². The van der Waals surface area contributed by atoms with Gasteiger partial charge in [-0.2, -0.15) is 0 Å². The van der Waals surface area contributed by atoms with E-state index in [1.807, 2.05) is 6.07 Å². The van der Waals surface area contributed by atoms with Crippen LogP contribution in [0.3, 0.4) is 0 Å². The maximum Gasteiger partial charge on any atom is 0.0794 e. The van der Waals surface area contributed by atoms with E-state index in [4.69, 9.17) is 10.5 Å². The first-order valence-corrected chi connectivity index (χ1v) is 8.45. The molecule has 21 heavy (non-hydrogen) atoms. The van der Waals surface area contributed by atoms with Crippen molar-refractivity contribution >= 4 is 0 Å². The lowest BCUT2D eigenvalue weighted by Gasteiger charge is -2.37. The lowest BCUT2D eigenvalue weighted by Crippen LogP contribution is -2.38. The molecule has 0 saturated heterocycles. The zero-order valence-electron chi connectivity index (χ0n) is 14.0. The molecule has 1 fully saturated rings. The van der Waals surface area contributed by atoms with E-state index < -0.39 is 0 Å². The maximum atomic E-state index is 6.49. The molecule has 5 atom stereocenters. The van der Waals surface area contributed by atoms with E-state index in [1.54, 1.807) is 0 Å². The second-order valence-corrected chi connectivity index (χ2v) is 7.17. The van der Waals surface area contributed by atoms with Crippen LogP contribution in [0.15, 0.2) is 30.3 Å². The molecule has 2 rings (SSSR count). The Labute approximate surface area is 130 Å². The second kappa shape index (κ2) is 7.42. The van der Waals surface area contributed by atoms with Crippen molar-refractivity contribution in [3.05, 3.63) is 35.9 Å². The van der Waals surface area contributed by atoms with Gasteiger partial charge in [0.15, 0.2) is 0 Å². The molecule has 2 nitrogen and oxygen atoms in total. The van der Waals surface area contributed by atoms with Crippen LogP contribution < -0.4 is 5.73 Å². The van der Waals surface area contributed by atoms with Gasteiger partial charge in [-0.05, 0) is 42.6 Å². The van der Waals surface area contributed by atoms with Crippen LogP contribution >= 0.6 is 0 Å². The number of hydrogen-bond donors (Lipinski definition) is 1. The fourth-order valence-corrected chi connectivity index (χ4v) is 3.37. The van der Waals surface area contributed by atoms with Gasteiger partial charge >= 0.3 is 0 Å². The minimum atomic E-state index is -0.0409. The lowest BCUT2D eigenvalue weighted by atomic mass is 9.80. The van der Waals surface area contributed by atoms with Crippen molar-refractivity contribution in [2.24, 2.45) is 23.5 Å². The van der Waals surface area contributed by atoms with Gasteiger partial charge in [-0.3, -0.25) is 0 Å². The minimum Gasteiger partial charge on any atom is -0.373 e. The van der Waals surface area contributed by atoms with Gasteiger partial charge in [0, 0.05) is 0 Å². The van der Waals surface area contributed by atoms with Crippen molar-refractivity contribution < 1.29 is 4.74 Å². The standard InChI is InChI=1S/C19H31NO/c1-13(2)19(18(20)16-8-6-5-7-9-16)21-17-11-10-14(3)15(4)12-17/h5-9,13-15,17-19H,10-12,20H2,1-4H3. The Morgan fingerprint density at radius 2 is 1.71 bits per heavy atom. The smallest absolute Gasteiger partial charge is 0.0794 e. The van der Waals surface area contributed by atoms with Gasteiger partial charge in [-0.1, -0.05) is 58.0 Å². The summed E-state index contributed by atoms with van der Waals surface area (Å²) < 4.78 is 6.46. The predicted octanol–water partition coefficient (Wildman–Crippen LogP) is 4.55. The van der Waals surface area contributed by atoms with Crippen LogP contribution in [0, 0.1) is 17.8 Å². The van der Waals surface area contributed by atoms with E-state index in [0.717, 1.165) is 11.8 Å². The average Bonchev–Trinajstić information content (AvgIpc) is 2.48. The molecule has 0 heterocycles. The Morgan fingerprint density at radius 3 is 2.29 bits per heavy atom. The monoisotopic (exact) mass is 289 g/mol. The van der Waals surface area contributed by atoms with Gasteiger partial charge in [0.1, 0.15) is 0 Å². The SMILES string of the molecule is CC(C)C(OC1CCC(C)C(C)C1)C(N)c1ccccc1. The molecule has 0 aromatic heterocycles. The highest BCUT2D eigenvalue weighted by Crippen LogP contribution is 2.34. The first kappa shape index (κ1) is 16.5. The van der Waals surface area contributed by atoms with Crippen LogP contribution in [0.2, 0.25) is 0 Å². The molecule has 118 valence electrons. The molecule has 1 aliphatic carbocycles. The molecule has 1 aromatic carbocycles. The predicted molar refractivity (Wildman–Crippen MR) is 89.0 cm³/mol. The molecule has 1 saturated carbocycles. The fraction of sp³-hybridized carbons (Fsp3) is 0.684. The van der Waals surface area contributed by atoms with E-state index in [-0.39, 0.29) is 12.1 Å². The summed E-state index contributed by atoms with van der Waals surface area (Å²) in [4.78, 5) is 0. The van der Waals surface area contributed by atoms with Gasteiger partial charge in [0.05, 0.1) is 18.2 Å². The largest absolute Gasteiger partial charge is 0.373 e. The van der Waals surface area contributed by atoms with E-state index in [1.165, 1.54) is 24.8 Å². The molecule has 5 unspecified atom stereocenters. The van der Waals surface area contributed by atoms with E-state index >= 15 is 0 Å². The highest BCUT2D eigenvalue weighted by atomic mass is 16.5. The summed E-state index contributed by atoms with van der Waals surface area (Å²) >= 11 is 0. The Kier molecular flexibility index (Phi) is 5.83. The van der Waals surface area contributed by atoms with E-state index in [0.29, 0.717) is 12.0 Å². The van der Waals surface area contributed by atoms with Crippen LogP contribution in [-0.4, -0.2) is 12.2 Å². The Hall–Kier alpha value is -0.860. The third-order valence-electron chi connectivity index (χ3n) is 5.10. The molecular formula is C19H31NO. The zero-order valence-corrected chi connectivity index (χ0v) is 14.0. The van der Waals surface area contributed by atoms with Crippen molar-refractivity contribution in [3.63, 3.8) is 0 Å². The Balaban J connectivity index is 2.02. The number of ether oxygens (including phenoxy) is 1. The molecule has 1 aromatic rings. The topological polar surface area (TPSA) is 35.2 Å². The number of rotatable bonds is 5. The summed E-state index contributed by atoms with van der Waals surface area (Å²) in [5.41, 5.74) is 7.67. The van der Waals surface area contributed by atoms with Crippen LogP contribution in [0.1, 0.15) is 58.6 Å². The molecule has 0 amide bonds. The number of hydrogen-bond acceptors (Lipinski definition) is 2. The first-order valence-electron chi connectivity index (χ1n) is 8.45. The maximum absolute atomic E-state index is 6.49. The Bertz CT molecular complexity index is 417. The summed E-state index contributed by atoms with van der Waals surface area (Å²) in [6, 6.07) is 10.3.